The van der Waals surface area contributed by atoms with Gasteiger partial charge < -0.3 is 4.57 Å². The van der Waals surface area contributed by atoms with Crippen molar-refractivity contribution in [1.29, 1.82) is 0 Å². The van der Waals surface area contributed by atoms with Gasteiger partial charge in [-0.2, -0.15) is 0 Å². The number of halogens is 2. The van der Waals surface area contributed by atoms with Crippen molar-refractivity contribution < 1.29 is 29.7 Å². The summed E-state index contributed by atoms with van der Waals surface area (Å²) in [7, 11) is 0. The molecule has 98 valence electrons. The third kappa shape index (κ3) is 3.06. The molecule has 1 heterocycles. The molecule has 4 heteroatoms. The van der Waals surface area contributed by atoms with E-state index in [0.29, 0.717) is 0 Å². The van der Waals surface area contributed by atoms with E-state index in [2.05, 4.69) is 67.2 Å². The summed E-state index contributed by atoms with van der Waals surface area (Å²) < 4.78 is 21.7. The predicted molar refractivity (Wildman–Crippen MR) is 70.6 cm³/mol. The SMILES string of the molecule is Cc1ccc(C)c2[cH-]c(-n3cccc3)cc12.[F][Zr][F]. The fraction of sp³-hybridized carbons (Fsp3) is 0.133. The van der Waals surface area contributed by atoms with E-state index in [0.717, 1.165) is 0 Å². The molecule has 0 fully saturated rings. The van der Waals surface area contributed by atoms with E-state index < -0.39 is 24.5 Å². The number of aryl methyl sites for hydroxylation is 2. The Labute approximate surface area is 124 Å². The van der Waals surface area contributed by atoms with Gasteiger partial charge in [0.1, 0.15) is 0 Å². The van der Waals surface area contributed by atoms with Crippen LogP contribution in [0.2, 0.25) is 0 Å². The fourth-order valence-corrected chi connectivity index (χ4v) is 2.23. The Morgan fingerprint density at radius 3 is 2.21 bits per heavy atom. The van der Waals surface area contributed by atoms with Gasteiger partial charge in [0.05, 0.1) is 0 Å². The van der Waals surface area contributed by atoms with Gasteiger partial charge in [0.2, 0.25) is 0 Å². The fourth-order valence-electron chi connectivity index (χ4n) is 2.23. The van der Waals surface area contributed by atoms with E-state index >= 15 is 0 Å². The number of hydrogen-bond donors (Lipinski definition) is 0. The zero-order valence-electron chi connectivity index (χ0n) is 10.8. The molecule has 3 rings (SSSR count). The quantitative estimate of drug-likeness (QED) is 0.562. The van der Waals surface area contributed by atoms with Crippen LogP contribution in [0.3, 0.4) is 0 Å². The first-order valence-electron chi connectivity index (χ1n) is 5.93. The first-order valence-corrected chi connectivity index (χ1v) is 7.79. The zero-order valence-corrected chi connectivity index (χ0v) is 13.3. The van der Waals surface area contributed by atoms with Crippen LogP contribution in [0.5, 0.6) is 0 Å². The summed E-state index contributed by atoms with van der Waals surface area (Å²) in [6.07, 6.45) is 4.16. The van der Waals surface area contributed by atoms with Crippen molar-refractivity contribution in [3.8, 4) is 5.69 Å². The molecule has 0 aliphatic heterocycles. The van der Waals surface area contributed by atoms with E-state index in [9.17, 15) is 5.25 Å². The van der Waals surface area contributed by atoms with E-state index in [1.54, 1.807) is 0 Å². The third-order valence-corrected chi connectivity index (χ3v) is 3.21. The van der Waals surface area contributed by atoms with Gasteiger partial charge in [-0.05, 0) is 24.7 Å². The Balaban J connectivity index is 0.000000408. The van der Waals surface area contributed by atoms with Gasteiger partial charge in [-0.25, -0.2) is 0 Å². The van der Waals surface area contributed by atoms with Gasteiger partial charge in [0, 0.05) is 12.4 Å². The monoisotopic (exact) mass is 336 g/mol. The second-order valence-electron chi connectivity index (χ2n) is 4.40. The molecular formula is C15H14F2NZr-. The topological polar surface area (TPSA) is 4.93 Å². The molecule has 0 radical (unpaired) electrons. The molecule has 0 amide bonds. The number of aromatic nitrogens is 1. The average molecular weight is 338 g/mol. The first kappa shape index (κ1) is 14.3. The number of fused-ring (bicyclic) bond motifs is 1. The van der Waals surface area contributed by atoms with Crippen molar-refractivity contribution in [2.45, 2.75) is 13.8 Å². The van der Waals surface area contributed by atoms with E-state index in [1.807, 2.05) is 0 Å². The van der Waals surface area contributed by atoms with Crippen LogP contribution in [-0.4, -0.2) is 4.57 Å². The standard InChI is InChI=1S/C15H14N.2FH.Zr/c1-11-5-6-12(2)15-10-13(9-14(11)15)16-7-3-4-8-16;;;/h3-10H,1-2H3;2*1H;/q-1;;;+2/p-2. The summed E-state index contributed by atoms with van der Waals surface area (Å²) in [6.45, 7) is 4.34. The zero-order chi connectivity index (χ0) is 13.8. The Bertz CT molecular complexity index is 617. The Kier molecular flexibility index (Phi) is 4.76. The summed E-state index contributed by atoms with van der Waals surface area (Å²) >= 11 is -2.77. The van der Waals surface area contributed by atoms with Crippen LogP contribution in [0, 0.1) is 13.8 Å². The van der Waals surface area contributed by atoms with Crippen molar-refractivity contribution in [3.05, 3.63) is 59.9 Å². The summed E-state index contributed by atoms with van der Waals surface area (Å²) in [5.74, 6) is 0. The molecule has 0 N–H and O–H groups in total. The van der Waals surface area contributed by atoms with Gasteiger partial charge in [-0.15, -0.1) is 34.5 Å². The molecule has 3 aromatic rings. The maximum absolute atomic E-state index is 9.80. The third-order valence-electron chi connectivity index (χ3n) is 3.21. The van der Waals surface area contributed by atoms with Crippen LogP contribution >= 0.6 is 0 Å². The van der Waals surface area contributed by atoms with Crippen LogP contribution in [-0.2, 0) is 24.5 Å². The number of hydrogen-bond acceptors (Lipinski definition) is 0. The van der Waals surface area contributed by atoms with Crippen molar-refractivity contribution >= 4 is 10.8 Å². The number of nitrogens with zero attached hydrogens (tertiary/aromatic N) is 1. The van der Waals surface area contributed by atoms with Crippen LogP contribution in [0.1, 0.15) is 11.1 Å². The molecule has 0 saturated carbocycles. The average Bonchev–Trinajstić information content (AvgIpc) is 3.03. The Hall–Kier alpha value is -1.15. The molecule has 0 atom stereocenters. The van der Waals surface area contributed by atoms with Crippen LogP contribution < -0.4 is 0 Å². The molecule has 1 aromatic heterocycles. The number of rotatable bonds is 1. The minimum absolute atomic E-state index is 1.25. The van der Waals surface area contributed by atoms with Crippen molar-refractivity contribution in [1.82, 2.24) is 4.57 Å². The summed E-state index contributed by atoms with van der Waals surface area (Å²) in [5, 5.41) is 2.73. The summed E-state index contributed by atoms with van der Waals surface area (Å²) in [5.41, 5.74) is 3.94. The molecule has 0 unspecified atom stereocenters. The predicted octanol–water partition coefficient (Wildman–Crippen LogP) is 4.80. The molecule has 19 heavy (non-hydrogen) atoms. The molecule has 2 aromatic carbocycles. The molecule has 0 spiro atoms. The van der Waals surface area contributed by atoms with Crippen LogP contribution in [0.25, 0.3) is 16.5 Å². The molecular weight excluding hydrogens is 323 g/mol. The van der Waals surface area contributed by atoms with Gasteiger partial charge in [-0.1, -0.05) is 18.6 Å². The van der Waals surface area contributed by atoms with Gasteiger partial charge in [0.25, 0.3) is 0 Å². The van der Waals surface area contributed by atoms with Gasteiger partial charge in [-0.3, -0.25) is 0 Å². The second kappa shape index (κ2) is 6.34. The maximum atomic E-state index is 9.80. The molecule has 1 nitrogen and oxygen atoms in total. The van der Waals surface area contributed by atoms with E-state index in [4.69, 9.17) is 0 Å². The van der Waals surface area contributed by atoms with Crippen LogP contribution in [0.15, 0.2) is 48.8 Å². The van der Waals surface area contributed by atoms with E-state index in [1.165, 1.54) is 27.6 Å². The second-order valence-corrected chi connectivity index (χ2v) is 4.75. The molecule has 0 aliphatic carbocycles. The summed E-state index contributed by atoms with van der Waals surface area (Å²) in [4.78, 5) is 0. The van der Waals surface area contributed by atoms with Gasteiger partial charge in [0.15, 0.2) is 0 Å². The Morgan fingerprint density at radius 2 is 1.63 bits per heavy atom. The summed E-state index contributed by atoms with van der Waals surface area (Å²) in [6, 6.07) is 13.0. The van der Waals surface area contributed by atoms with Crippen molar-refractivity contribution in [2.24, 2.45) is 0 Å². The number of benzene rings is 1. The van der Waals surface area contributed by atoms with Gasteiger partial charge >= 0.3 is 29.7 Å². The molecule has 0 bridgehead atoms. The van der Waals surface area contributed by atoms with Crippen molar-refractivity contribution in [3.63, 3.8) is 0 Å². The molecule has 0 saturated heterocycles. The minimum atomic E-state index is -2.77. The van der Waals surface area contributed by atoms with E-state index in [-0.39, 0.29) is 0 Å². The molecule has 0 aliphatic rings. The van der Waals surface area contributed by atoms with Crippen molar-refractivity contribution in [2.75, 3.05) is 0 Å². The van der Waals surface area contributed by atoms with Crippen LogP contribution in [0.4, 0.5) is 5.25 Å². The first-order chi connectivity index (χ1) is 9.17. The normalized spacial score (nSPS) is 10.1. The Morgan fingerprint density at radius 1 is 1.05 bits per heavy atom.